The Morgan fingerprint density at radius 2 is 1.87 bits per heavy atom. The lowest BCUT2D eigenvalue weighted by Crippen LogP contribution is -2.13. The second-order valence-corrected chi connectivity index (χ2v) is 7.34. The molecule has 0 spiro atoms. The molecule has 0 aliphatic heterocycles. The third-order valence-corrected chi connectivity index (χ3v) is 5.47. The Bertz CT molecular complexity index is 1090. The van der Waals surface area contributed by atoms with E-state index in [4.69, 9.17) is 15.7 Å². The Morgan fingerprint density at radius 3 is 2.47 bits per heavy atom. The maximum atomic E-state index is 12.5. The number of hydrogen-bond donors (Lipinski definition) is 1. The highest BCUT2D eigenvalue weighted by Gasteiger charge is 2.25. The van der Waals surface area contributed by atoms with Crippen LogP contribution < -0.4 is 10.5 Å². The van der Waals surface area contributed by atoms with Crippen molar-refractivity contribution < 1.29 is 9.53 Å². The summed E-state index contributed by atoms with van der Waals surface area (Å²) in [6, 6.07) is 17.4. The van der Waals surface area contributed by atoms with Gasteiger partial charge in [-0.15, -0.1) is 0 Å². The topological polar surface area (TPSA) is 81.0 Å². The third kappa shape index (κ3) is 4.08. The summed E-state index contributed by atoms with van der Waals surface area (Å²) in [7, 11) is 1.66. The first-order valence-corrected chi connectivity index (χ1v) is 10.2. The summed E-state index contributed by atoms with van der Waals surface area (Å²) in [5, 5.41) is 9.13. The molecule has 3 aromatic rings. The quantitative estimate of drug-likeness (QED) is 0.587. The van der Waals surface area contributed by atoms with Crippen LogP contribution in [0.4, 0.5) is 0 Å². The minimum absolute atomic E-state index is 0.441. The minimum atomic E-state index is -0.441. The number of benzene rings is 2. The Kier molecular flexibility index (Phi) is 6.58. The Labute approximate surface area is 177 Å². The monoisotopic (exact) mass is 401 g/mol. The van der Waals surface area contributed by atoms with E-state index in [-0.39, 0.29) is 0 Å². The van der Waals surface area contributed by atoms with Crippen molar-refractivity contribution in [3.05, 3.63) is 76.6 Å². The largest absolute Gasteiger partial charge is 0.496 e. The van der Waals surface area contributed by atoms with Gasteiger partial charge in [0.2, 0.25) is 0 Å². The number of aromatic nitrogens is 1. The third-order valence-electron chi connectivity index (χ3n) is 5.47. The number of para-hydroxylation sites is 1. The van der Waals surface area contributed by atoms with Crippen molar-refractivity contribution in [3.8, 4) is 22.9 Å². The molecule has 0 aliphatic carbocycles. The number of nitriles is 1. The molecule has 2 N–H and O–H groups in total. The van der Waals surface area contributed by atoms with Crippen LogP contribution in [0, 0.1) is 18.3 Å². The van der Waals surface area contributed by atoms with Crippen LogP contribution in [0.3, 0.4) is 0 Å². The van der Waals surface area contributed by atoms with Crippen molar-refractivity contribution in [3.63, 3.8) is 0 Å². The van der Waals surface area contributed by atoms with Gasteiger partial charge in [-0.05, 0) is 43.5 Å². The van der Waals surface area contributed by atoms with Crippen molar-refractivity contribution in [2.24, 2.45) is 5.73 Å². The normalized spacial score (nSPS) is 10.6. The second-order valence-electron chi connectivity index (χ2n) is 7.34. The van der Waals surface area contributed by atoms with Crippen LogP contribution in [-0.4, -0.2) is 17.6 Å². The maximum Gasteiger partial charge on any atom is 0.251 e. The molecule has 1 heterocycles. The van der Waals surface area contributed by atoms with Crippen molar-refractivity contribution in [1.29, 1.82) is 5.26 Å². The van der Waals surface area contributed by atoms with Gasteiger partial charge in [0, 0.05) is 22.5 Å². The van der Waals surface area contributed by atoms with Crippen LogP contribution >= 0.6 is 0 Å². The van der Waals surface area contributed by atoms with Gasteiger partial charge in [-0.1, -0.05) is 43.7 Å². The fourth-order valence-corrected chi connectivity index (χ4v) is 3.94. The summed E-state index contributed by atoms with van der Waals surface area (Å²) >= 11 is 0. The van der Waals surface area contributed by atoms with E-state index >= 15 is 0 Å². The van der Waals surface area contributed by atoms with E-state index < -0.39 is 5.91 Å². The van der Waals surface area contributed by atoms with E-state index in [0.29, 0.717) is 17.7 Å². The number of unbranched alkanes of at least 4 members (excludes halogenated alkanes) is 1. The highest BCUT2D eigenvalue weighted by Crippen LogP contribution is 2.35. The SMILES string of the molecule is CCCCc1c(-c2ccc(C#N)cc2)c(C(N)=O)c(C)n1Cc1ccccc1OC. The van der Waals surface area contributed by atoms with Gasteiger partial charge in [-0.25, -0.2) is 0 Å². The number of primary amides is 1. The van der Waals surface area contributed by atoms with E-state index in [2.05, 4.69) is 17.6 Å². The van der Waals surface area contributed by atoms with Gasteiger partial charge in [0.1, 0.15) is 5.75 Å². The van der Waals surface area contributed by atoms with Gasteiger partial charge in [-0.3, -0.25) is 4.79 Å². The summed E-state index contributed by atoms with van der Waals surface area (Å²) in [4.78, 5) is 12.5. The van der Waals surface area contributed by atoms with Crippen LogP contribution in [0.1, 0.15) is 52.6 Å². The molecular weight excluding hydrogens is 374 g/mol. The van der Waals surface area contributed by atoms with Crippen LogP contribution in [0.2, 0.25) is 0 Å². The average Bonchev–Trinajstić information content (AvgIpc) is 3.04. The molecule has 0 bridgehead atoms. The molecule has 0 saturated carbocycles. The molecule has 5 heteroatoms. The summed E-state index contributed by atoms with van der Waals surface area (Å²) in [5.74, 6) is 0.371. The summed E-state index contributed by atoms with van der Waals surface area (Å²) in [6.07, 6.45) is 2.86. The predicted molar refractivity (Wildman–Crippen MR) is 119 cm³/mol. The maximum absolute atomic E-state index is 12.5. The first kappa shape index (κ1) is 21.2. The molecule has 3 rings (SSSR count). The Balaban J connectivity index is 2.23. The minimum Gasteiger partial charge on any atom is -0.496 e. The zero-order valence-electron chi connectivity index (χ0n) is 17.7. The lowest BCUT2D eigenvalue weighted by Gasteiger charge is -2.15. The zero-order valence-corrected chi connectivity index (χ0v) is 17.7. The first-order chi connectivity index (χ1) is 14.5. The Hall–Kier alpha value is -3.52. The highest BCUT2D eigenvalue weighted by atomic mass is 16.5. The van der Waals surface area contributed by atoms with Gasteiger partial charge >= 0.3 is 0 Å². The van der Waals surface area contributed by atoms with Gasteiger partial charge in [0.05, 0.1) is 30.9 Å². The van der Waals surface area contributed by atoms with Crippen molar-refractivity contribution >= 4 is 5.91 Å². The smallest absolute Gasteiger partial charge is 0.251 e. The standard InChI is InChI=1S/C25H27N3O2/c1-4-5-9-21-24(19-13-11-18(15-26)12-14-19)23(25(27)29)17(2)28(21)16-20-8-6-7-10-22(20)30-3/h6-8,10-14H,4-5,9,16H2,1-3H3,(H2,27,29). The fraction of sp³-hybridized carbons (Fsp3) is 0.280. The molecule has 0 saturated heterocycles. The molecular formula is C25H27N3O2. The Morgan fingerprint density at radius 1 is 1.17 bits per heavy atom. The number of nitrogens with two attached hydrogens (primary N) is 1. The first-order valence-electron chi connectivity index (χ1n) is 10.2. The van der Waals surface area contributed by atoms with Gasteiger partial charge < -0.3 is 15.0 Å². The van der Waals surface area contributed by atoms with Crippen LogP contribution in [0.5, 0.6) is 5.75 Å². The number of nitrogens with zero attached hydrogens (tertiary/aromatic N) is 2. The molecule has 0 radical (unpaired) electrons. The van der Waals surface area contributed by atoms with Crippen molar-refractivity contribution in [2.75, 3.05) is 7.11 Å². The highest BCUT2D eigenvalue weighted by molar-refractivity contribution is 6.02. The molecule has 0 unspecified atom stereocenters. The number of carbonyl (C=O) groups is 1. The number of hydrogen-bond acceptors (Lipinski definition) is 3. The van der Waals surface area contributed by atoms with Crippen LogP contribution in [-0.2, 0) is 13.0 Å². The number of carbonyl (C=O) groups excluding carboxylic acids is 1. The molecule has 0 atom stereocenters. The molecule has 1 amide bonds. The van der Waals surface area contributed by atoms with Gasteiger partial charge in [0.25, 0.3) is 5.91 Å². The molecule has 154 valence electrons. The van der Waals surface area contributed by atoms with Crippen molar-refractivity contribution in [2.45, 2.75) is 39.7 Å². The number of methoxy groups -OCH3 is 1. The molecule has 1 aromatic heterocycles. The summed E-state index contributed by atoms with van der Waals surface area (Å²) in [6.45, 7) is 4.68. The van der Waals surface area contributed by atoms with E-state index in [1.165, 1.54) is 0 Å². The van der Waals surface area contributed by atoms with Crippen LogP contribution in [0.15, 0.2) is 48.5 Å². The van der Waals surface area contributed by atoms with Gasteiger partial charge in [-0.2, -0.15) is 5.26 Å². The zero-order chi connectivity index (χ0) is 21.7. The van der Waals surface area contributed by atoms with E-state index in [1.807, 2.05) is 43.3 Å². The summed E-state index contributed by atoms with van der Waals surface area (Å²) < 4.78 is 7.72. The van der Waals surface area contributed by atoms with Crippen LogP contribution in [0.25, 0.3) is 11.1 Å². The lowest BCUT2D eigenvalue weighted by molar-refractivity contribution is 0.1000. The van der Waals surface area contributed by atoms with E-state index in [0.717, 1.165) is 53.1 Å². The molecule has 0 aliphatic rings. The predicted octanol–water partition coefficient (Wildman–Crippen LogP) is 4.83. The second kappa shape index (κ2) is 9.32. The molecule has 0 fully saturated rings. The number of amides is 1. The molecule has 30 heavy (non-hydrogen) atoms. The van der Waals surface area contributed by atoms with Gasteiger partial charge in [0.15, 0.2) is 0 Å². The summed E-state index contributed by atoms with van der Waals surface area (Å²) in [5.41, 5.74) is 11.7. The number of rotatable bonds is 8. The molecule has 5 nitrogen and oxygen atoms in total. The fourth-order valence-electron chi connectivity index (χ4n) is 3.94. The number of ether oxygens (including phenoxy) is 1. The van der Waals surface area contributed by atoms with Crippen molar-refractivity contribution in [1.82, 2.24) is 4.57 Å². The molecule has 2 aromatic carbocycles. The van der Waals surface area contributed by atoms with E-state index in [1.54, 1.807) is 19.2 Å². The lowest BCUT2D eigenvalue weighted by atomic mass is 9.97. The van der Waals surface area contributed by atoms with E-state index in [9.17, 15) is 4.79 Å². The average molecular weight is 402 g/mol.